The highest BCUT2D eigenvalue weighted by Gasteiger charge is 2.25. The number of piperidine rings is 1. The number of para-hydroxylation sites is 1. The van der Waals surface area contributed by atoms with Gasteiger partial charge in [0.15, 0.2) is 5.82 Å². The molecule has 0 radical (unpaired) electrons. The van der Waals surface area contributed by atoms with Crippen molar-refractivity contribution in [2.24, 2.45) is 0 Å². The van der Waals surface area contributed by atoms with Crippen LogP contribution >= 0.6 is 11.3 Å². The molecule has 1 aliphatic rings. The van der Waals surface area contributed by atoms with Crippen LogP contribution in [-0.2, 0) is 0 Å². The molecule has 9 nitrogen and oxygen atoms in total. The van der Waals surface area contributed by atoms with Gasteiger partial charge in [-0.3, -0.25) is 5.10 Å². The van der Waals surface area contributed by atoms with Crippen molar-refractivity contribution in [3.63, 3.8) is 0 Å². The van der Waals surface area contributed by atoms with Gasteiger partial charge in [-0.15, -0.1) is 16.4 Å². The number of aromatic amines is 1. The SMILES string of the molecule is c1ccc2c(c1)nnn2C1CCN(c2nc(Nc3ccc4[nH]ncc4c3)c3sccc3n2)CC1. The van der Waals surface area contributed by atoms with Crippen LogP contribution in [0.2, 0.25) is 0 Å². The number of anilines is 3. The number of hydrogen-bond donors (Lipinski definition) is 2. The van der Waals surface area contributed by atoms with Gasteiger partial charge in [-0.1, -0.05) is 17.3 Å². The molecule has 6 aromatic rings. The van der Waals surface area contributed by atoms with Crippen LogP contribution < -0.4 is 10.2 Å². The van der Waals surface area contributed by atoms with Crippen molar-refractivity contribution in [1.82, 2.24) is 35.2 Å². The summed E-state index contributed by atoms with van der Waals surface area (Å²) < 4.78 is 3.13. The van der Waals surface area contributed by atoms with E-state index in [1.165, 1.54) is 0 Å². The van der Waals surface area contributed by atoms with E-state index in [4.69, 9.17) is 9.97 Å². The van der Waals surface area contributed by atoms with Crippen LogP contribution in [0.5, 0.6) is 0 Å². The molecule has 2 N–H and O–H groups in total. The molecule has 1 saturated heterocycles. The number of benzene rings is 2. The first kappa shape index (κ1) is 19.4. The number of hydrogen-bond acceptors (Lipinski definition) is 8. The Hall–Kier alpha value is -4.05. The zero-order valence-electron chi connectivity index (χ0n) is 18.2. The maximum Gasteiger partial charge on any atom is 0.227 e. The Morgan fingerprint density at radius 1 is 1.00 bits per heavy atom. The zero-order valence-corrected chi connectivity index (χ0v) is 19.0. The minimum Gasteiger partial charge on any atom is -0.341 e. The lowest BCUT2D eigenvalue weighted by Crippen LogP contribution is -2.36. The molecule has 0 atom stereocenters. The topological polar surface area (TPSA) is 100 Å². The van der Waals surface area contributed by atoms with Gasteiger partial charge in [-0.05, 0) is 54.6 Å². The molecular weight excluding hydrogens is 446 g/mol. The summed E-state index contributed by atoms with van der Waals surface area (Å²) in [5.41, 5.74) is 4.99. The average Bonchev–Trinajstić information content (AvgIpc) is 3.63. The summed E-state index contributed by atoms with van der Waals surface area (Å²) in [5.74, 6) is 1.60. The minimum atomic E-state index is 0.327. The van der Waals surface area contributed by atoms with Crippen molar-refractivity contribution in [2.75, 3.05) is 23.3 Å². The summed E-state index contributed by atoms with van der Waals surface area (Å²) in [6.45, 7) is 1.74. The second-order valence-corrected chi connectivity index (χ2v) is 9.46. The lowest BCUT2D eigenvalue weighted by atomic mass is 10.1. The van der Waals surface area contributed by atoms with Crippen LogP contribution in [0.1, 0.15) is 18.9 Å². The first-order chi connectivity index (χ1) is 16.8. The third-order valence-corrected chi connectivity index (χ3v) is 7.38. The number of rotatable bonds is 4. The van der Waals surface area contributed by atoms with E-state index in [0.717, 1.165) is 75.5 Å². The number of thiophene rings is 1. The van der Waals surface area contributed by atoms with Gasteiger partial charge < -0.3 is 10.2 Å². The normalized spacial score (nSPS) is 15.0. The van der Waals surface area contributed by atoms with Crippen molar-refractivity contribution < 1.29 is 0 Å². The van der Waals surface area contributed by atoms with Crippen molar-refractivity contribution in [3.05, 3.63) is 60.1 Å². The molecule has 0 bridgehead atoms. The fourth-order valence-electron chi connectivity index (χ4n) is 4.70. The van der Waals surface area contributed by atoms with Crippen LogP contribution in [0, 0.1) is 0 Å². The molecule has 4 aromatic heterocycles. The van der Waals surface area contributed by atoms with Crippen molar-refractivity contribution in [1.29, 1.82) is 0 Å². The smallest absolute Gasteiger partial charge is 0.227 e. The van der Waals surface area contributed by atoms with E-state index < -0.39 is 0 Å². The Labute approximate surface area is 198 Å². The van der Waals surface area contributed by atoms with Crippen molar-refractivity contribution in [3.8, 4) is 0 Å². The molecule has 0 aliphatic carbocycles. The van der Waals surface area contributed by atoms with Gasteiger partial charge in [0.2, 0.25) is 5.95 Å². The number of fused-ring (bicyclic) bond motifs is 3. The first-order valence-corrected chi connectivity index (χ1v) is 12.2. The molecule has 0 unspecified atom stereocenters. The predicted molar refractivity (Wildman–Crippen MR) is 135 cm³/mol. The Bertz CT molecular complexity index is 1620. The van der Waals surface area contributed by atoms with Crippen LogP contribution in [0.15, 0.2) is 60.1 Å². The Morgan fingerprint density at radius 3 is 2.85 bits per heavy atom. The third kappa shape index (κ3) is 3.26. The average molecular weight is 468 g/mol. The van der Waals surface area contributed by atoms with Crippen LogP contribution in [0.3, 0.4) is 0 Å². The van der Waals surface area contributed by atoms with Gasteiger partial charge in [0.05, 0.1) is 33.5 Å². The largest absolute Gasteiger partial charge is 0.341 e. The van der Waals surface area contributed by atoms with E-state index in [0.29, 0.717) is 6.04 Å². The van der Waals surface area contributed by atoms with E-state index in [1.54, 1.807) is 11.3 Å². The monoisotopic (exact) mass is 467 g/mol. The molecule has 7 rings (SSSR count). The van der Waals surface area contributed by atoms with Gasteiger partial charge in [-0.2, -0.15) is 10.1 Å². The molecular formula is C24H21N9S. The fourth-order valence-corrected chi connectivity index (χ4v) is 5.48. The minimum absolute atomic E-state index is 0.327. The van der Waals surface area contributed by atoms with E-state index in [-0.39, 0.29) is 0 Å². The standard InChI is InChI=1S/C24H21N9S/c1-2-4-21-19(3-1)30-31-33(21)17-7-10-32(11-8-17)24-27-20-9-12-34-22(20)23(28-24)26-16-5-6-18-15(13-16)14-25-29-18/h1-6,9,12-14,17H,7-8,10-11H2,(H,25,29)(H,26,27,28). The van der Waals surface area contributed by atoms with Crippen molar-refractivity contribution in [2.45, 2.75) is 18.9 Å². The Balaban J connectivity index is 1.16. The maximum absolute atomic E-state index is 4.95. The molecule has 0 spiro atoms. The van der Waals surface area contributed by atoms with E-state index in [9.17, 15) is 0 Å². The highest BCUT2D eigenvalue weighted by molar-refractivity contribution is 7.17. The van der Waals surface area contributed by atoms with E-state index >= 15 is 0 Å². The summed E-state index contributed by atoms with van der Waals surface area (Å²) in [5, 5.41) is 22.5. The summed E-state index contributed by atoms with van der Waals surface area (Å²) >= 11 is 1.65. The number of nitrogens with one attached hydrogen (secondary N) is 2. The molecule has 5 heterocycles. The van der Waals surface area contributed by atoms with Gasteiger partial charge >= 0.3 is 0 Å². The number of nitrogens with zero attached hydrogens (tertiary/aromatic N) is 7. The fraction of sp³-hybridized carbons (Fsp3) is 0.208. The summed E-state index contributed by atoms with van der Waals surface area (Å²) in [6.07, 6.45) is 3.77. The molecule has 1 fully saturated rings. The third-order valence-electron chi connectivity index (χ3n) is 6.47. The van der Waals surface area contributed by atoms with E-state index in [2.05, 4.69) is 59.0 Å². The Morgan fingerprint density at radius 2 is 1.91 bits per heavy atom. The first-order valence-electron chi connectivity index (χ1n) is 11.3. The van der Waals surface area contributed by atoms with Gasteiger partial charge in [0, 0.05) is 24.2 Å². The Kier molecular flexibility index (Phi) is 4.44. The molecule has 34 heavy (non-hydrogen) atoms. The quantitative estimate of drug-likeness (QED) is 0.380. The lowest BCUT2D eigenvalue weighted by molar-refractivity contribution is 0.367. The molecule has 2 aromatic carbocycles. The van der Waals surface area contributed by atoms with Crippen LogP contribution in [0.25, 0.3) is 32.2 Å². The van der Waals surface area contributed by atoms with Gasteiger partial charge in [0.25, 0.3) is 0 Å². The summed E-state index contributed by atoms with van der Waals surface area (Å²) in [7, 11) is 0. The molecule has 1 aliphatic heterocycles. The molecule has 0 amide bonds. The van der Waals surface area contributed by atoms with Gasteiger partial charge in [-0.25, -0.2) is 9.67 Å². The number of aromatic nitrogens is 7. The maximum atomic E-state index is 4.95. The highest BCUT2D eigenvalue weighted by atomic mass is 32.1. The van der Waals surface area contributed by atoms with Gasteiger partial charge in [0.1, 0.15) is 5.52 Å². The second kappa shape index (κ2) is 7.77. The molecule has 10 heteroatoms. The zero-order chi connectivity index (χ0) is 22.5. The van der Waals surface area contributed by atoms with E-state index in [1.807, 2.05) is 36.5 Å². The summed E-state index contributed by atoms with van der Waals surface area (Å²) in [6, 6.07) is 16.7. The number of H-pyrrole nitrogens is 1. The predicted octanol–water partition coefficient (Wildman–Crippen LogP) is 4.90. The highest BCUT2D eigenvalue weighted by Crippen LogP contribution is 2.33. The van der Waals surface area contributed by atoms with Crippen molar-refractivity contribution >= 4 is 60.9 Å². The molecule has 0 saturated carbocycles. The second-order valence-electron chi connectivity index (χ2n) is 8.55. The summed E-state index contributed by atoms with van der Waals surface area (Å²) in [4.78, 5) is 12.1. The van der Waals surface area contributed by atoms with Crippen LogP contribution in [0.4, 0.5) is 17.5 Å². The lowest BCUT2D eigenvalue weighted by Gasteiger charge is -2.32. The van der Waals surface area contributed by atoms with Crippen LogP contribution in [-0.4, -0.2) is 48.2 Å². The molecule has 168 valence electrons.